The first-order valence-corrected chi connectivity index (χ1v) is 6.23. The molecule has 0 amide bonds. The molecule has 0 atom stereocenters. The molecule has 0 spiro atoms. The molecule has 6 nitrogen and oxygen atoms in total. The van der Waals surface area contributed by atoms with Crippen molar-refractivity contribution in [3.63, 3.8) is 0 Å². The van der Waals surface area contributed by atoms with E-state index in [2.05, 4.69) is 19.7 Å². The van der Waals surface area contributed by atoms with Gasteiger partial charge in [-0.05, 0) is 30.8 Å². The first-order chi connectivity index (χ1) is 9.11. The number of anilines is 1. The molecule has 98 valence electrons. The highest BCUT2D eigenvalue weighted by Crippen LogP contribution is 2.29. The van der Waals surface area contributed by atoms with E-state index in [0.29, 0.717) is 10.2 Å². The van der Waals surface area contributed by atoms with Gasteiger partial charge in [-0.1, -0.05) is 0 Å². The quantitative estimate of drug-likeness (QED) is 0.673. The lowest BCUT2D eigenvalue weighted by atomic mass is 10.2. The molecular weight excluding hydrogens is 264 g/mol. The van der Waals surface area contributed by atoms with Crippen molar-refractivity contribution in [2.45, 2.75) is 17.1 Å². The lowest BCUT2D eigenvalue weighted by Gasteiger charge is -2.07. The van der Waals surface area contributed by atoms with Gasteiger partial charge in [0.1, 0.15) is 5.03 Å². The number of rotatable bonds is 3. The molecule has 0 aliphatic rings. The smallest absolute Gasteiger partial charge is 0.340 e. The van der Waals surface area contributed by atoms with Crippen molar-refractivity contribution in [3.05, 3.63) is 35.8 Å². The summed E-state index contributed by atoms with van der Waals surface area (Å²) in [5, 5.41) is 1.01. The number of carbonyl (C=O) groups is 1. The number of carbonyl (C=O) groups excluding carboxylic acids is 1. The summed E-state index contributed by atoms with van der Waals surface area (Å²) in [6.07, 6.45) is 3.16. The van der Waals surface area contributed by atoms with Gasteiger partial charge in [-0.15, -0.1) is 0 Å². The van der Waals surface area contributed by atoms with E-state index in [1.807, 2.05) is 6.92 Å². The molecule has 2 rings (SSSR count). The van der Waals surface area contributed by atoms with Crippen LogP contribution in [-0.2, 0) is 4.74 Å². The zero-order valence-corrected chi connectivity index (χ0v) is 11.3. The highest BCUT2D eigenvalue weighted by atomic mass is 32.2. The van der Waals surface area contributed by atoms with Gasteiger partial charge in [0, 0.05) is 18.1 Å². The molecule has 0 aliphatic carbocycles. The number of esters is 1. The molecule has 2 aromatic rings. The maximum Gasteiger partial charge on any atom is 0.340 e. The molecule has 7 heteroatoms. The van der Waals surface area contributed by atoms with Crippen LogP contribution in [0.25, 0.3) is 0 Å². The maximum atomic E-state index is 11.5. The minimum Gasteiger partial charge on any atom is -0.465 e. The molecule has 2 N–H and O–H groups in total. The Hall–Kier alpha value is -2.15. The average molecular weight is 276 g/mol. The van der Waals surface area contributed by atoms with Crippen LogP contribution in [0.1, 0.15) is 16.1 Å². The number of nitrogen functional groups attached to an aromatic ring is 1. The van der Waals surface area contributed by atoms with Crippen LogP contribution in [0.4, 0.5) is 5.69 Å². The predicted octanol–water partition coefficient (Wildman–Crippen LogP) is 1.70. The zero-order valence-electron chi connectivity index (χ0n) is 10.5. The van der Waals surface area contributed by atoms with Gasteiger partial charge in [-0.25, -0.2) is 19.7 Å². The summed E-state index contributed by atoms with van der Waals surface area (Å²) < 4.78 is 4.65. The predicted molar refractivity (Wildman–Crippen MR) is 70.9 cm³/mol. The Morgan fingerprint density at radius 1 is 1.32 bits per heavy atom. The third kappa shape index (κ3) is 3.00. The Morgan fingerprint density at radius 3 is 2.74 bits per heavy atom. The Morgan fingerprint density at radius 2 is 2.05 bits per heavy atom. The van der Waals surface area contributed by atoms with E-state index in [4.69, 9.17) is 5.73 Å². The highest BCUT2D eigenvalue weighted by Gasteiger charge is 2.15. The molecule has 2 heterocycles. The maximum absolute atomic E-state index is 11.5. The average Bonchev–Trinajstić information content (AvgIpc) is 2.40. The van der Waals surface area contributed by atoms with Gasteiger partial charge in [0.05, 0.1) is 18.4 Å². The minimum absolute atomic E-state index is 0.268. The van der Waals surface area contributed by atoms with E-state index in [0.717, 1.165) is 5.69 Å². The summed E-state index contributed by atoms with van der Waals surface area (Å²) in [5.74, 6) is -0.494. The highest BCUT2D eigenvalue weighted by molar-refractivity contribution is 7.99. The fraction of sp³-hybridized carbons (Fsp3) is 0.167. The van der Waals surface area contributed by atoms with Gasteiger partial charge in [-0.2, -0.15) is 0 Å². The van der Waals surface area contributed by atoms with Gasteiger partial charge in [-0.3, -0.25) is 0 Å². The minimum atomic E-state index is -0.494. The van der Waals surface area contributed by atoms with Crippen molar-refractivity contribution in [2.75, 3.05) is 12.8 Å². The van der Waals surface area contributed by atoms with Gasteiger partial charge >= 0.3 is 5.97 Å². The summed E-state index contributed by atoms with van der Waals surface area (Å²) in [4.78, 5) is 24.0. The molecule has 0 radical (unpaired) electrons. The van der Waals surface area contributed by atoms with E-state index >= 15 is 0 Å². The molecular formula is C12H12N4O2S. The van der Waals surface area contributed by atoms with E-state index in [1.54, 1.807) is 12.3 Å². The van der Waals surface area contributed by atoms with Crippen LogP contribution in [0.2, 0.25) is 0 Å². The molecule has 0 aromatic carbocycles. The summed E-state index contributed by atoms with van der Waals surface area (Å²) in [7, 11) is 1.30. The number of hydrogen-bond donors (Lipinski definition) is 1. The van der Waals surface area contributed by atoms with Crippen molar-refractivity contribution in [1.82, 2.24) is 15.0 Å². The summed E-state index contributed by atoms with van der Waals surface area (Å²) >= 11 is 1.20. The third-order valence-corrected chi connectivity index (χ3v) is 3.22. The van der Waals surface area contributed by atoms with Crippen LogP contribution in [-0.4, -0.2) is 28.0 Å². The number of ether oxygens (including phenoxy) is 1. The number of nitrogens with two attached hydrogens (primary N) is 1. The Labute approximate surface area is 114 Å². The zero-order chi connectivity index (χ0) is 13.8. The molecule has 2 aromatic heterocycles. The van der Waals surface area contributed by atoms with Crippen LogP contribution in [0, 0.1) is 6.92 Å². The van der Waals surface area contributed by atoms with E-state index < -0.39 is 5.97 Å². The van der Waals surface area contributed by atoms with Crippen LogP contribution in [0.15, 0.2) is 34.7 Å². The number of aromatic nitrogens is 3. The summed E-state index contributed by atoms with van der Waals surface area (Å²) in [5.41, 5.74) is 7.31. The lowest BCUT2D eigenvalue weighted by molar-refractivity contribution is 0.0601. The fourth-order valence-corrected chi connectivity index (χ4v) is 2.19. The van der Waals surface area contributed by atoms with Crippen LogP contribution in [0.3, 0.4) is 0 Å². The number of hydrogen-bond acceptors (Lipinski definition) is 7. The Kier molecular flexibility index (Phi) is 3.96. The third-order valence-electron chi connectivity index (χ3n) is 2.32. The SMILES string of the molecule is COC(=O)c1ccnc(Sc2nccc(C)n2)c1N. The van der Waals surface area contributed by atoms with Gasteiger partial charge in [0.2, 0.25) is 0 Å². The van der Waals surface area contributed by atoms with Crippen LogP contribution >= 0.6 is 11.8 Å². The molecule has 19 heavy (non-hydrogen) atoms. The summed E-state index contributed by atoms with van der Waals surface area (Å²) in [6.45, 7) is 1.87. The van der Waals surface area contributed by atoms with Crippen molar-refractivity contribution in [2.24, 2.45) is 0 Å². The van der Waals surface area contributed by atoms with Crippen LogP contribution in [0.5, 0.6) is 0 Å². The van der Waals surface area contributed by atoms with E-state index in [9.17, 15) is 4.79 Å². The first kappa shape index (κ1) is 13.3. The molecule has 0 saturated carbocycles. The molecule has 0 unspecified atom stereocenters. The van der Waals surface area contributed by atoms with Crippen molar-refractivity contribution in [3.8, 4) is 0 Å². The Bertz CT molecular complexity index is 618. The second-order valence-corrected chi connectivity index (χ2v) is 4.61. The number of methoxy groups -OCH3 is 1. The molecule has 0 fully saturated rings. The van der Waals surface area contributed by atoms with Crippen molar-refractivity contribution in [1.29, 1.82) is 0 Å². The standard InChI is InChI=1S/C12H12N4O2S/c1-7-3-5-15-12(16-7)19-10-9(13)8(4-6-14-10)11(17)18-2/h3-6H,13H2,1-2H3. The molecule has 0 bridgehead atoms. The monoisotopic (exact) mass is 276 g/mol. The number of nitrogens with zero attached hydrogens (tertiary/aromatic N) is 3. The molecule has 0 saturated heterocycles. The lowest BCUT2D eigenvalue weighted by Crippen LogP contribution is -2.07. The number of pyridine rings is 1. The van der Waals surface area contributed by atoms with Crippen molar-refractivity contribution < 1.29 is 9.53 Å². The summed E-state index contributed by atoms with van der Waals surface area (Å²) in [6, 6.07) is 3.31. The largest absolute Gasteiger partial charge is 0.465 e. The topological polar surface area (TPSA) is 91.0 Å². The van der Waals surface area contributed by atoms with Gasteiger partial charge in [0.25, 0.3) is 0 Å². The van der Waals surface area contributed by atoms with E-state index in [-0.39, 0.29) is 11.3 Å². The van der Waals surface area contributed by atoms with Crippen LogP contribution < -0.4 is 5.73 Å². The van der Waals surface area contributed by atoms with Crippen molar-refractivity contribution >= 4 is 23.4 Å². The second-order valence-electron chi connectivity index (χ2n) is 3.65. The number of aryl methyl sites for hydroxylation is 1. The molecule has 0 aliphatic heterocycles. The van der Waals surface area contributed by atoms with Gasteiger partial charge in [0.15, 0.2) is 5.16 Å². The normalized spacial score (nSPS) is 10.2. The van der Waals surface area contributed by atoms with E-state index in [1.165, 1.54) is 31.1 Å². The first-order valence-electron chi connectivity index (χ1n) is 5.42. The second kappa shape index (κ2) is 5.66. The Balaban J connectivity index is 2.33. The fourth-order valence-electron chi connectivity index (χ4n) is 1.38. The van der Waals surface area contributed by atoms with Gasteiger partial charge < -0.3 is 10.5 Å².